The zero-order chi connectivity index (χ0) is 14.8. The number of hydrazine groups is 1. The molecular weight excluding hydrogens is 282 g/mol. The van der Waals surface area contributed by atoms with E-state index in [1.54, 1.807) is 0 Å². The van der Waals surface area contributed by atoms with Crippen LogP contribution in [0.3, 0.4) is 0 Å². The summed E-state index contributed by atoms with van der Waals surface area (Å²) in [4.78, 5) is 15.1. The van der Waals surface area contributed by atoms with Gasteiger partial charge < -0.3 is 4.90 Å². The predicted molar refractivity (Wildman–Crippen MR) is 87.2 cm³/mol. The number of nitrogens with one attached hydrogen (secondary N) is 1. The van der Waals surface area contributed by atoms with Crippen molar-refractivity contribution in [2.45, 2.75) is 25.8 Å². The third-order valence-electron chi connectivity index (χ3n) is 4.26. The Hall–Kier alpha value is -1.43. The van der Waals surface area contributed by atoms with Gasteiger partial charge in [0, 0.05) is 17.8 Å². The number of carbonyl (C=O) groups is 1. The lowest BCUT2D eigenvalue weighted by molar-refractivity contribution is 0.0956. The van der Waals surface area contributed by atoms with Crippen LogP contribution in [0.1, 0.15) is 34.5 Å². The smallest absolute Gasteiger partial charge is 0.275 e. The molecule has 0 atom stereocenters. The molecule has 0 spiro atoms. The highest BCUT2D eigenvalue weighted by Gasteiger charge is 2.22. The molecule has 3 rings (SSSR count). The van der Waals surface area contributed by atoms with E-state index >= 15 is 0 Å². The second kappa shape index (κ2) is 6.13. The molecule has 1 aliphatic carbocycles. The van der Waals surface area contributed by atoms with E-state index in [-0.39, 0.29) is 5.91 Å². The maximum atomic E-state index is 12.0. The van der Waals surface area contributed by atoms with Crippen molar-refractivity contribution in [1.29, 1.82) is 0 Å². The quantitative estimate of drug-likeness (QED) is 0.507. The van der Waals surface area contributed by atoms with Gasteiger partial charge in [0.05, 0.1) is 4.88 Å². The first-order valence-corrected chi connectivity index (χ1v) is 8.20. The van der Waals surface area contributed by atoms with E-state index < -0.39 is 0 Å². The summed E-state index contributed by atoms with van der Waals surface area (Å²) < 4.78 is 1.14. The monoisotopic (exact) mass is 303 g/mol. The van der Waals surface area contributed by atoms with Crippen molar-refractivity contribution in [2.75, 3.05) is 13.6 Å². The SMILES string of the molecule is CN(Cc1c(C(=O)NN)sc2ccccc12)CC1CCC1. The van der Waals surface area contributed by atoms with Gasteiger partial charge >= 0.3 is 0 Å². The number of amides is 1. The molecule has 1 saturated carbocycles. The van der Waals surface area contributed by atoms with Gasteiger partial charge in [0.2, 0.25) is 0 Å². The second-order valence-corrected chi connectivity index (χ2v) is 6.93. The van der Waals surface area contributed by atoms with Crippen molar-refractivity contribution in [3.05, 3.63) is 34.7 Å². The van der Waals surface area contributed by atoms with E-state index in [2.05, 4.69) is 29.5 Å². The molecule has 1 fully saturated rings. The normalized spacial score (nSPS) is 15.4. The summed E-state index contributed by atoms with van der Waals surface area (Å²) in [6.07, 6.45) is 4.04. The summed E-state index contributed by atoms with van der Waals surface area (Å²) in [5.41, 5.74) is 3.37. The first-order valence-electron chi connectivity index (χ1n) is 7.39. The summed E-state index contributed by atoms with van der Waals surface area (Å²) in [6, 6.07) is 8.17. The van der Waals surface area contributed by atoms with Gasteiger partial charge in [0.1, 0.15) is 0 Å². The number of rotatable bonds is 5. The largest absolute Gasteiger partial charge is 0.302 e. The van der Waals surface area contributed by atoms with E-state index in [0.717, 1.165) is 34.1 Å². The third-order valence-corrected chi connectivity index (χ3v) is 5.47. The van der Waals surface area contributed by atoms with Gasteiger partial charge in [-0.15, -0.1) is 11.3 Å². The molecule has 112 valence electrons. The van der Waals surface area contributed by atoms with Crippen LogP contribution in [-0.2, 0) is 6.54 Å². The fourth-order valence-electron chi connectivity index (χ4n) is 2.96. The van der Waals surface area contributed by atoms with Crippen LogP contribution in [0, 0.1) is 5.92 Å². The van der Waals surface area contributed by atoms with Crippen molar-refractivity contribution < 1.29 is 4.79 Å². The number of thiophene rings is 1. The number of fused-ring (bicyclic) bond motifs is 1. The Bertz CT molecular complexity index is 648. The molecule has 1 amide bonds. The number of nitrogen functional groups attached to an aromatic ring is 1. The lowest BCUT2D eigenvalue weighted by Gasteiger charge is -2.30. The fraction of sp³-hybridized carbons (Fsp3) is 0.438. The molecule has 0 bridgehead atoms. The van der Waals surface area contributed by atoms with E-state index in [9.17, 15) is 4.79 Å². The van der Waals surface area contributed by atoms with Gasteiger partial charge in [-0.25, -0.2) is 5.84 Å². The van der Waals surface area contributed by atoms with Crippen LogP contribution in [0.5, 0.6) is 0 Å². The maximum absolute atomic E-state index is 12.0. The van der Waals surface area contributed by atoms with Gasteiger partial charge in [-0.05, 0) is 42.8 Å². The highest BCUT2D eigenvalue weighted by molar-refractivity contribution is 7.21. The maximum Gasteiger partial charge on any atom is 0.275 e. The first kappa shape index (κ1) is 14.5. The zero-order valence-electron chi connectivity index (χ0n) is 12.3. The number of nitrogens with zero attached hydrogens (tertiary/aromatic N) is 1. The summed E-state index contributed by atoms with van der Waals surface area (Å²) in [5, 5.41) is 1.17. The standard InChI is InChI=1S/C16H21N3OS/c1-19(9-11-5-4-6-11)10-13-12-7-2-3-8-14(12)21-15(13)16(20)18-17/h2-3,7-8,11H,4-6,9-10,17H2,1H3,(H,18,20). The fourth-order valence-corrected chi connectivity index (χ4v) is 4.07. The predicted octanol–water partition coefficient (Wildman–Crippen LogP) is 2.74. The van der Waals surface area contributed by atoms with Crippen LogP contribution in [0.2, 0.25) is 0 Å². The van der Waals surface area contributed by atoms with E-state index in [1.165, 1.54) is 36.0 Å². The lowest BCUT2D eigenvalue weighted by Crippen LogP contribution is -2.32. The van der Waals surface area contributed by atoms with Crippen LogP contribution in [-0.4, -0.2) is 24.4 Å². The molecule has 2 aromatic rings. The molecule has 21 heavy (non-hydrogen) atoms. The van der Waals surface area contributed by atoms with Gasteiger partial charge in [0.25, 0.3) is 5.91 Å². The Kier molecular flexibility index (Phi) is 4.24. The van der Waals surface area contributed by atoms with Gasteiger partial charge in [-0.2, -0.15) is 0 Å². The highest BCUT2D eigenvalue weighted by atomic mass is 32.1. The van der Waals surface area contributed by atoms with Crippen molar-refractivity contribution >= 4 is 27.3 Å². The number of nitrogens with two attached hydrogens (primary N) is 1. The molecule has 1 heterocycles. The topological polar surface area (TPSA) is 58.4 Å². The first-order chi connectivity index (χ1) is 10.2. The van der Waals surface area contributed by atoms with Crippen LogP contribution >= 0.6 is 11.3 Å². The number of benzene rings is 1. The Balaban J connectivity index is 1.88. The van der Waals surface area contributed by atoms with Crippen molar-refractivity contribution in [3.63, 3.8) is 0 Å². The van der Waals surface area contributed by atoms with Crippen LogP contribution in [0.15, 0.2) is 24.3 Å². The third kappa shape index (κ3) is 2.95. The molecule has 0 unspecified atom stereocenters. The summed E-state index contributed by atoms with van der Waals surface area (Å²) in [6.45, 7) is 1.90. The summed E-state index contributed by atoms with van der Waals surface area (Å²) >= 11 is 1.52. The van der Waals surface area contributed by atoms with Gasteiger partial charge in [-0.1, -0.05) is 24.6 Å². The molecule has 1 aromatic heterocycles. The van der Waals surface area contributed by atoms with E-state index in [4.69, 9.17) is 5.84 Å². The molecule has 0 aliphatic heterocycles. The minimum Gasteiger partial charge on any atom is -0.302 e. The zero-order valence-corrected chi connectivity index (χ0v) is 13.1. The number of carbonyl (C=O) groups excluding carboxylic acids is 1. The molecule has 0 radical (unpaired) electrons. The minimum absolute atomic E-state index is 0.191. The van der Waals surface area contributed by atoms with Crippen LogP contribution < -0.4 is 11.3 Å². The Morgan fingerprint density at radius 1 is 1.43 bits per heavy atom. The number of hydrogen-bond acceptors (Lipinski definition) is 4. The van der Waals surface area contributed by atoms with Crippen molar-refractivity contribution in [3.8, 4) is 0 Å². The Labute approximate surface area is 128 Å². The molecular formula is C16H21N3OS. The van der Waals surface area contributed by atoms with Gasteiger partial charge in [-0.3, -0.25) is 10.2 Å². The molecule has 1 aliphatic rings. The van der Waals surface area contributed by atoms with Crippen molar-refractivity contribution in [2.24, 2.45) is 11.8 Å². The Morgan fingerprint density at radius 2 is 2.19 bits per heavy atom. The minimum atomic E-state index is -0.191. The van der Waals surface area contributed by atoms with E-state index in [1.807, 2.05) is 12.1 Å². The molecule has 3 N–H and O–H groups in total. The molecule has 0 saturated heterocycles. The van der Waals surface area contributed by atoms with Crippen LogP contribution in [0.4, 0.5) is 0 Å². The molecule has 1 aromatic carbocycles. The lowest BCUT2D eigenvalue weighted by atomic mass is 9.85. The summed E-state index contributed by atoms with van der Waals surface area (Å²) in [5.74, 6) is 5.96. The molecule has 4 nitrogen and oxygen atoms in total. The van der Waals surface area contributed by atoms with Gasteiger partial charge in [0.15, 0.2) is 0 Å². The average molecular weight is 303 g/mol. The Morgan fingerprint density at radius 3 is 2.86 bits per heavy atom. The molecule has 5 heteroatoms. The average Bonchev–Trinajstić information content (AvgIpc) is 2.81. The highest BCUT2D eigenvalue weighted by Crippen LogP contribution is 2.33. The summed E-state index contributed by atoms with van der Waals surface area (Å²) in [7, 11) is 2.13. The van der Waals surface area contributed by atoms with Crippen molar-refractivity contribution in [1.82, 2.24) is 10.3 Å². The van der Waals surface area contributed by atoms with E-state index in [0.29, 0.717) is 0 Å². The second-order valence-electron chi connectivity index (χ2n) is 5.87. The van der Waals surface area contributed by atoms with Crippen LogP contribution in [0.25, 0.3) is 10.1 Å². The number of hydrogen-bond donors (Lipinski definition) is 2.